The fourth-order valence-electron chi connectivity index (χ4n) is 6.45. The van der Waals surface area contributed by atoms with Crippen LogP contribution in [0.25, 0.3) is 33.1 Å². The van der Waals surface area contributed by atoms with Crippen molar-refractivity contribution in [2.75, 3.05) is 18.6 Å². The van der Waals surface area contributed by atoms with Gasteiger partial charge in [0, 0.05) is 23.4 Å². The SMILES string of the molecule is COc1cc2ccccc2cc1C(=O)NCc1ccc(-c2nn(C3CCC(O)C3)c3ncnc(N)c23)cc1.Cc1ccccc1C.Cc1ncnc(N)c1C. The number of fused-ring (bicyclic) bond motifs is 2. The molecule has 0 spiro atoms. The van der Waals surface area contributed by atoms with Crippen LogP contribution in [0.15, 0.2) is 97.6 Å². The molecule has 12 nitrogen and oxygen atoms in total. The van der Waals surface area contributed by atoms with Gasteiger partial charge in [-0.05, 0) is 86.6 Å². The molecule has 2 atom stereocenters. The molecule has 1 amide bonds. The first-order chi connectivity index (χ1) is 26.5. The van der Waals surface area contributed by atoms with E-state index in [0.717, 1.165) is 46.0 Å². The van der Waals surface area contributed by atoms with Crippen LogP contribution in [-0.4, -0.2) is 53.9 Å². The summed E-state index contributed by atoms with van der Waals surface area (Å²) in [5.41, 5.74) is 20.1. The molecule has 8 rings (SSSR count). The molecule has 55 heavy (non-hydrogen) atoms. The number of nitrogen functional groups attached to an aromatic ring is 2. The topological polar surface area (TPSA) is 180 Å². The highest BCUT2D eigenvalue weighted by Gasteiger charge is 2.28. The van der Waals surface area contributed by atoms with E-state index in [1.807, 2.05) is 79.2 Å². The Morgan fingerprint density at radius 2 is 1.47 bits per heavy atom. The van der Waals surface area contributed by atoms with Gasteiger partial charge in [-0.15, -0.1) is 0 Å². The molecular formula is C43H47N9O3. The van der Waals surface area contributed by atoms with Crippen molar-refractivity contribution in [3.05, 3.63) is 131 Å². The minimum atomic E-state index is -0.328. The van der Waals surface area contributed by atoms with E-state index in [1.165, 1.54) is 23.8 Å². The number of carbonyl (C=O) groups is 1. The molecule has 3 heterocycles. The highest BCUT2D eigenvalue weighted by molar-refractivity contribution is 6.02. The summed E-state index contributed by atoms with van der Waals surface area (Å²) in [7, 11) is 1.57. The van der Waals surface area contributed by atoms with Crippen molar-refractivity contribution >= 4 is 39.3 Å². The molecule has 2 unspecified atom stereocenters. The first-order valence-corrected chi connectivity index (χ1v) is 18.2. The summed E-state index contributed by atoms with van der Waals surface area (Å²) in [4.78, 5) is 29.4. The Labute approximate surface area is 320 Å². The van der Waals surface area contributed by atoms with Gasteiger partial charge in [-0.1, -0.05) is 72.8 Å². The van der Waals surface area contributed by atoms with E-state index in [-0.39, 0.29) is 18.1 Å². The van der Waals surface area contributed by atoms with Gasteiger partial charge < -0.3 is 26.6 Å². The van der Waals surface area contributed by atoms with Gasteiger partial charge in [0.1, 0.15) is 35.7 Å². The molecule has 0 bridgehead atoms. The van der Waals surface area contributed by atoms with Crippen LogP contribution in [0.2, 0.25) is 0 Å². The molecule has 1 aliphatic rings. The second kappa shape index (κ2) is 17.2. The summed E-state index contributed by atoms with van der Waals surface area (Å²) in [6.07, 6.45) is 4.81. The molecule has 1 saturated carbocycles. The highest BCUT2D eigenvalue weighted by Crippen LogP contribution is 2.36. The Hall–Kier alpha value is -6.40. The van der Waals surface area contributed by atoms with Crippen molar-refractivity contribution < 1.29 is 14.6 Å². The monoisotopic (exact) mass is 737 g/mol. The van der Waals surface area contributed by atoms with E-state index in [9.17, 15) is 9.90 Å². The van der Waals surface area contributed by atoms with Crippen molar-refractivity contribution in [2.24, 2.45) is 0 Å². The lowest BCUT2D eigenvalue weighted by atomic mass is 10.0. The molecular weight excluding hydrogens is 691 g/mol. The molecule has 0 aliphatic heterocycles. The largest absolute Gasteiger partial charge is 0.496 e. The van der Waals surface area contributed by atoms with Crippen molar-refractivity contribution in [1.82, 2.24) is 35.0 Å². The number of carbonyl (C=O) groups excluding carboxylic acids is 1. The third-order valence-corrected chi connectivity index (χ3v) is 10.0. The Morgan fingerprint density at radius 1 is 0.836 bits per heavy atom. The third kappa shape index (κ3) is 8.88. The van der Waals surface area contributed by atoms with E-state index in [2.05, 4.69) is 63.4 Å². The maximum absolute atomic E-state index is 13.0. The summed E-state index contributed by atoms with van der Waals surface area (Å²) < 4.78 is 7.36. The number of ether oxygens (including phenoxy) is 1. The fraction of sp³-hybridized carbons (Fsp3) is 0.256. The zero-order chi connectivity index (χ0) is 39.1. The van der Waals surface area contributed by atoms with Crippen LogP contribution in [0.1, 0.15) is 63.6 Å². The molecule has 12 heteroatoms. The number of nitrogens with one attached hydrogen (secondary N) is 1. The first-order valence-electron chi connectivity index (χ1n) is 18.2. The lowest BCUT2D eigenvalue weighted by molar-refractivity contribution is 0.0948. The highest BCUT2D eigenvalue weighted by atomic mass is 16.5. The van der Waals surface area contributed by atoms with Crippen LogP contribution in [-0.2, 0) is 6.54 Å². The molecule has 1 fully saturated rings. The number of benzene rings is 4. The van der Waals surface area contributed by atoms with Crippen molar-refractivity contribution in [3.8, 4) is 17.0 Å². The van der Waals surface area contributed by atoms with Gasteiger partial charge in [-0.3, -0.25) is 4.79 Å². The molecule has 0 saturated heterocycles. The standard InChI is InChI=1S/C29H28N6O3.C8H10.C6H9N3/c1-38-24-13-20-5-3-2-4-19(20)12-23(24)29(37)31-15-17-6-8-18(9-7-17)26-25-27(30)32-16-33-28(25)35(34-26)21-10-11-22(36)14-21;1-7-5-3-4-6-8(7)2;1-4-5(2)8-3-9-6(4)7/h2-9,12-13,16,21-22,36H,10-11,14-15H2,1H3,(H,31,37)(H2,30,32,33);3-6H,1-2H3;3H,1-2H3,(H2,7,8,9). The van der Waals surface area contributed by atoms with E-state index in [4.69, 9.17) is 21.3 Å². The predicted molar refractivity (Wildman–Crippen MR) is 218 cm³/mol. The van der Waals surface area contributed by atoms with Crippen LogP contribution < -0.4 is 21.5 Å². The van der Waals surface area contributed by atoms with Gasteiger partial charge in [-0.2, -0.15) is 5.10 Å². The molecule has 0 radical (unpaired) electrons. The second-order valence-electron chi connectivity index (χ2n) is 13.7. The van der Waals surface area contributed by atoms with E-state index < -0.39 is 0 Å². The van der Waals surface area contributed by atoms with E-state index >= 15 is 0 Å². The average Bonchev–Trinajstić information content (AvgIpc) is 3.81. The Balaban J connectivity index is 0.000000248. The van der Waals surface area contributed by atoms with Crippen LogP contribution in [0.5, 0.6) is 5.75 Å². The van der Waals surface area contributed by atoms with Crippen molar-refractivity contribution in [3.63, 3.8) is 0 Å². The zero-order valence-electron chi connectivity index (χ0n) is 31.8. The van der Waals surface area contributed by atoms with Gasteiger partial charge in [0.05, 0.1) is 30.2 Å². The fourth-order valence-corrected chi connectivity index (χ4v) is 6.45. The van der Waals surface area contributed by atoms with Gasteiger partial charge in [0.2, 0.25) is 0 Å². The molecule has 6 N–H and O–H groups in total. The van der Waals surface area contributed by atoms with Crippen LogP contribution in [0.3, 0.4) is 0 Å². The average molecular weight is 738 g/mol. The van der Waals surface area contributed by atoms with Gasteiger partial charge in [0.15, 0.2) is 5.65 Å². The Kier molecular flexibility index (Phi) is 12.0. The second-order valence-corrected chi connectivity index (χ2v) is 13.7. The normalized spacial score (nSPS) is 14.8. The molecule has 7 aromatic rings. The maximum Gasteiger partial charge on any atom is 0.255 e. The number of hydrogen-bond acceptors (Lipinski definition) is 10. The third-order valence-electron chi connectivity index (χ3n) is 10.0. The Morgan fingerprint density at radius 3 is 2.07 bits per heavy atom. The minimum absolute atomic E-state index is 0.0668. The van der Waals surface area contributed by atoms with Crippen LogP contribution >= 0.6 is 0 Å². The van der Waals surface area contributed by atoms with E-state index in [1.54, 1.807) is 7.11 Å². The summed E-state index contributed by atoms with van der Waals surface area (Å²) in [5.74, 6) is 1.27. The first kappa shape index (κ1) is 38.3. The maximum atomic E-state index is 13.0. The van der Waals surface area contributed by atoms with Crippen LogP contribution in [0.4, 0.5) is 11.6 Å². The summed E-state index contributed by atoms with van der Waals surface area (Å²) in [6, 6.07) is 27.8. The number of rotatable bonds is 6. The van der Waals surface area contributed by atoms with Crippen molar-refractivity contribution in [1.29, 1.82) is 0 Å². The summed E-state index contributed by atoms with van der Waals surface area (Å²) in [6.45, 7) is 8.41. The lowest BCUT2D eigenvalue weighted by Crippen LogP contribution is -2.23. The number of amides is 1. The van der Waals surface area contributed by atoms with Gasteiger partial charge in [0.25, 0.3) is 5.91 Å². The molecule has 1 aliphatic carbocycles. The molecule has 4 aromatic carbocycles. The number of hydrogen-bond donors (Lipinski definition) is 4. The van der Waals surface area contributed by atoms with Crippen molar-refractivity contribution in [2.45, 2.75) is 65.6 Å². The number of nitrogens with zero attached hydrogens (tertiary/aromatic N) is 6. The number of nitrogens with two attached hydrogens (primary N) is 2. The van der Waals surface area contributed by atoms with Gasteiger partial charge in [-0.25, -0.2) is 24.6 Å². The number of methoxy groups -OCH3 is 1. The van der Waals surface area contributed by atoms with Gasteiger partial charge >= 0.3 is 0 Å². The number of aliphatic hydroxyl groups excluding tert-OH is 1. The number of aromatic nitrogens is 6. The zero-order valence-corrected chi connectivity index (χ0v) is 31.8. The smallest absolute Gasteiger partial charge is 0.255 e. The van der Waals surface area contributed by atoms with Crippen LogP contribution in [0, 0.1) is 27.7 Å². The molecule has 3 aromatic heterocycles. The van der Waals surface area contributed by atoms with E-state index in [0.29, 0.717) is 52.6 Å². The summed E-state index contributed by atoms with van der Waals surface area (Å²) in [5, 5.41) is 20.6. The summed E-state index contributed by atoms with van der Waals surface area (Å²) >= 11 is 0. The Bertz CT molecular complexity index is 2390. The number of aryl methyl sites for hydroxylation is 3. The number of anilines is 2. The lowest BCUT2D eigenvalue weighted by Gasteiger charge is -2.11. The molecule has 282 valence electrons. The predicted octanol–water partition coefficient (Wildman–Crippen LogP) is 7.23. The number of aliphatic hydroxyl groups is 1. The quantitative estimate of drug-likeness (QED) is 0.136. The minimum Gasteiger partial charge on any atom is -0.496 e.